The molecule has 1 aromatic rings. The Morgan fingerprint density at radius 2 is 2.00 bits per heavy atom. The standard InChI is InChI=1S/C14H20N2O/c1-10(12-7-8-12)16-9-11-3-5-13(6-4-11)14(17)15-2/h3-6,10,12,16H,7-9H2,1-2H3,(H,15,17). The summed E-state index contributed by atoms with van der Waals surface area (Å²) in [6.45, 7) is 3.13. The van der Waals surface area contributed by atoms with E-state index < -0.39 is 0 Å². The lowest BCUT2D eigenvalue weighted by molar-refractivity contribution is 0.0963. The van der Waals surface area contributed by atoms with Crippen LogP contribution in [0.3, 0.4) is 0 Å². The van der Waals surface area contributed by atoms with Gasteiger partial charge in [0.25, 0.3) is 5.91 Å². The number of hydrogen-bond acceptors (Lipinski definition) is 2. The van der Waals surface area contributed by atoms with Gasteiger partial charge < -0.3 is 10.6 Å². The van der Waals surface area contributed by atoms with E-state index in [0.29, 0.717) is 11.6 Å². The molecule has 0 aliphatic heterocycles. The summed E-state index contributed by atoms with van der Waals surface area (Å²) in [5.74, 6) is 0.844. The number of carbonyl (C=O) groups is 1. The van der Waals surface area contributed by atoms with Crippen LogP contribution in [0.2, 0.25) is 0 Å². The summed E-state index contributed by atoms with van der Waals surface area (Å²) in [7, 11) is 1.65. The van der Waals surface area contributed by atoms with Crippen molar-refractivity contribution in [1.82, 2.24) is 10.6 Å². The SMILES string of the molecule is CNC(=O)c1ccc(CNC(C)C2CC2)cc1. The highest BCUT2D eigenvalue weighted by atomic mass is 16.1. The van der Waals surface area contributed by atoms with Crippen molar-refractivity contribution in [3.8, 4) is 0 Å². The number of nitrogens with one attached hydrogen (secondary N) is 2. The summed E-state index contributed by atoms with van der Waals surface area (Å²) in [6.07, 6.45) is 2.73. The second-order valence-corrected chi connectivity index (χ2v) is 4.78. The minimum absolute atomic E-state index is 0.0316. The van der Waals surface area contributed by atoms with Crippen molar-refractivity contribution in [2.75, 3.05) is 7.05 Å². The summed E-state index contributed by atoms with van der Waals surface area (Å²) < 4.78 is 0. The largest absolute Gasteiger partial charge is 0.355 e. The zero-order chi connectivity index (χ0) is 12.3. The lowest BCUT2D eigenvalue weighted by atomic mass is 10.1. The molecule has 1 fully saturated rings. The maximum absolute atomic E-state index is 11.4. The first-order chi connectivity index (χ1) is 8.20. The topological polar surface area (TPSA) is 41.1 Å². The molecule has 1 amide bonds. The molecule has 1 unspecified atom stereocenters. The summed E-state index contributed by atoms with van der Waals surface area (Å²) in [5.41, 5.74) is 1.94. The van der Waals surface area contributed by atoms with Gasteiger partial charge in [0.2, 0.25) is 0 Å². The Bertz CT molecular complexity index is 382. The Labute approximate surface area is 103 Å². The van der Waals surface area contributed by atoms with Crippen LogP contribution in [0.15, 0.2) is 24.3 Å². The summed E-state index contributed by atoms with van der Waals surface area (Å²) in [4.78, 5) is 11.4. The molecule has 3 heteroatoms. The van der Waals surface area contributed by atoms with E-state index in [9.17, 15) is 4.79 Å². The quantitative estimate of drug-likeness (QED) is 0.814. The molecule has 0 aromatic heterocycles. The maximum atomic E-state index is 11.4. The Hall–Kier alpha value is -1.35. The monoisotopic (exact) mass is 232 g/mol. The zero-order valence-electron chi connectivity index (χ0n) is 10.5. The molecule has 17 heavy (non-hydrogen) atoms. The minimum atomic E-state index is -0.0316. The van der Waals surface area contributed by atoms with Crippen molar-refractivity contribution < 1.29 is 4.79 Å². The summed E-state index contributed by atoms with van der Waals surface area (Å²) in [6, 6.07) is 8.37. The van der Waals surface area contributed by atoms with Crippen LogP contribution in [0.5, 0.6) is 0 Å². The number of carbonyl (C=O) groups excluding carboxylic acids is 1. The Morgan fingerprint density at radius 3 is 2.53 bits per heavy atom. The average Bonchev–Trinajstić information content (AvgIpc) is 3.20. The van der Waals surface area contributed by atoms with Crippen LogP contribution >= 0.6 is 0 Å². The molecule has 1 aliphatic carbocycles. The fraction of sp³-hybridized carbons (Fsp3) is 0.500. The van der Waals surface area contributed by atoms with Gasteiger partial charge in [-0.15, -0.1) is 0 Å². The van der Waals surface area contributed by atoms with E-state index in [4.69, 9.17) is 0 Å². The second kappa shape index (κ2) is 5.32. The average molecular weight is 232 g/mol. The summed E-state index contributed by atoms with van der Waals surface area (Å²) >= 11 is 0. The molecule has 0 spiro atoms. The molecule has 1 aliphatic rings. The molecular formula is C14H20N2O. The predicted octanol–water partition coefficient (Wildman–Crippen LogP) is 1.93. The van der Waals surface area contributed by atoms with E-state index in [2.05, 4.69) is 17.6 Å². The molecule has 1 saturated carbocycles. The van der Waals surface area contributed by atoms with Crippen LogP contribution in [0, 0.1) is 5.92 Å². The van der Waals surface area contributed by atoms with E-state index in [1.54, 1.807) is 7.05 Å². The first-order valence-corrected chi connectivity index (χ1v) is 6.25. The van der Waals surface area contributed by atoms with Gasteiger partial charge in [-0.05, 0) is 43.4 Å². The number of rotatable bonds is 5. The maximum Gasteiger partial charge on any atom is 0.251 e. The first kappa shape index (κ1) is 12.1. The molecule has 2 N–H and O–H groups in total. The van der Waals surface area contributed by atoms with Gasteiger partial charge >= 0.3 is 0 Å². The van der Waals surface area contributed by atoms with Gasteiger partial charge in [0.05, 0.1) is 0 Å². The van der Waals surface area contributed by atoms with E-state index in [1.165, 1.54) is 18.4 Å². The molecule has 0 heterocycles. The molecule has 0 bridgehead atoms. The molecule has 0 saturated heterocycles. The number of hydrogen-bond donors (Lipinski definition) is 2. The highest BCUT2D eigenvalue weighted by Crippen LogP contribution is 2.32. The van der Waals surface area contributed by atoms with Crippen LogP contribution in [0.25, 0.3) is 0 Å². The van der Waals surface area contributed by atoms with E-state index >= 15 is 0 Å². The summed E-state index contributed by atoms with van der Waals surface area (Å²) in [5, 5.41) is 6.14. The van der Waals surface area contributed by atoms with Crippen LogP contribution in [-0.2, 0) is 6.54 Å². The lowest BCUT2D eigenvalue weighted by Crippen LogP contribution is -2.27. The fourth-order valence-electron chi connectivity index (χ4n) is 1.96. The van der Waals surface area contributed by atoms with Crippen LogP contribution in [-0.4, -0.2) is 19.0 Å². The highest BCUT2D eigenvalue weighted by molar-refractivity contribution is 5.93. The van der Waals surface area contributed by atoms with Gasteiger partial charge in [0.15, 0.2) is 0 Å². The smallest absolute Gasteiger partial charge is 0.251 e. The number of amides is 1. The molecule has 92 valence electrons. The highest BCUT2D eigenvalue weighted by Gasteiger charge is 2.27. The van der Waals surface area contributed by atoms with Gasteiger partial charge in [0.1, 0.15) is 0 Å². The fourth-order valence-corrected chi connectivity index (χ4v) is 1.96. The third-order valence-electron chi connectivity index (χ3n) is 3.40. The Kier molecular flexibility index (Phi) is 3.79. The van der Waals surface area contributed by atoms with E-state index in [1.807, 2.05) is 24.3 Å². The molecule has 0 radical (unpaired) electrons. The van der Waals surface area contributed by atoms with E-state index in [-0.39, 0.29) is 5.91 Å². The second-order valence-electron chi connectivity index (χ2n) is 4.78. The zero-order valence-corrected chi connectivity index (χ0v) is 10.5. The van der Waals surface area contributed by atoms with Crippen molar-refractivity contribution >= 4 is 5.91 Å². The van der Waals surface area contributed by atoms with Gasteiger partial charge in [-0.2, -0.15) is 0 Å². The molecular weight excluding hydrogens is 212 g/mol. The van der Waals surface area contributed by atoms with Gasteiger partial charge in [-0.3, -0.25) is 4.79 Å². The predicted molar refractivity (Wildman–Crippen MR) is 68.9 cm³/mol. The van der Waals surface area contributed by atoms with Crippen LogP contribution < -0.4 is 10.6 Å². The minimum Gasteiger partial charge on any atom is -0.355 e. The van der Waals surface area contributed by atoms with Crippen molar-refractivity contribution in [2.45, 2.75) is 32.4 Å². The molecule has 1 atom stereocenters. The first-order valence-electron chi connectivity index (χ1n) is 6.25. The molecule has 2 rings (SSSR count). The van der Waals surface area contributed by atoms with Gasteiger partial charge in [-0.1, -0.05) is 12.1 Å². The number of benzene rings is 1. The molecule has 1 aromatic carbocycles. The van der Waals surface area contributed by atoms with Gasteiger partial charge in [-0.25, -0.2) is 0 Å². The molecule has 3 nitrogen and oxygen atoms in total. The van der Waals surface area contributed by atoms with Crippen molar-refractivity contribution in [3.63, 3.8) is 0 Å². The Balaban J connectivity index is 1.86. The normalized spacial score (nSPS) is 16.6. The third kappa shape index (κ3) is 3.30. The van der Waals surface area contributed by atoms with Gasteiger partial charge in [0, 0.05) is 25.2 Å². The Morgan fingerprint density at radius 1 is 1.35 bits per heavy atom. The van der Waals surface area contributed by atoms with E-state index in [0.717, 1.165) is 12.5 Å². The third-order valence-corrected chi connectivity index (χ3v) is 3.40. The van der Waals surface area contributed by atoms with Crippen LogP contribution in [0.4, 0.5) is 0 Å². The van der Waals surface area contributed by atoms with Crippen LogP contribution in [0.1, 0.15) is 35.7 Å². The lowest BCUT2D eigenvalue weighted by Gasteiger charge is -2.12. The van der Waals surface area contributed by atoms with Crippen molar-refractivity contribution in [1.29, 1.82) is 0 Å². The van der Waals surface area contributed by atoms with Crippen molar-refractivity contribution in [3.05, 3.63) is 35.4 Å². The van der Waals surface area contributed by atoms with Crippen molar-refractivity contribution in [2.24, 2.45) is 5.92 Å².